The lowest BCUT2D eigenvalue weighted by Crippen LogP contribution is -2.39. The van der Waals surface area contributed by atoms with Crippen LogP contribution in [0, 0.1) is 0 Å². The highest BCUT2D eigenvalue weighted by molar-refractivity contribution is 5.85. The van der Waals surface area contributed by atoms with Gasteiger partial charge in [0, 0.05) is 0 Å². The van der Waals surface area contributed by atoms with Crippen molar-refractivity contribution in [3.63, 3.8) is 0 Å². The first-order valence-corrected chi connectivity index (χ1v) is 5.02. The van der Waals surface area contributed by atoms with E-state index in [0.717, 1.165) is 7.11 Å². The maximum absolute atomic E-state index is 11.5. The molecule has 17 heavy (non-hydrogen) atoms. The third-order valence-corrected chi connectivity index (χ3v) is 2.09. The average Bonchev–Trinajstić information content (AvgIpc) is 2.28. The molecule has 1 rings (SSSR count). The Hall–Kier alpha value is -1.88. The summed E-state index contributed by atoms with van der Waals surface area (Å²) in [5.74, 6) is -1.22. The van der Waals surface area contributed by atoms with E-state index in [1.54, 1.807) is 30.3 Å². The van der Waals surface area contributed by atoms with Crippen LogP contribution in [0.4, 0.5) is 0 Å². The van der Waals surface area contributed by atoms with Crippen LogP contribution in [0.25, 0.3) is 0 Å². The van der Waals surface area contributed by atoms with E-state index in [-0.39, 0.29) is 0 Å². The SMILES string of the molecule is COC(=O)C(C)(O)CC(=O)Oc1ccccc1. The molecule has 1 N–H and O–H groups in total. The molecule has 1 unspecified atom stereocenters. The highest BCUT2D eigenvalue weighted by Gasteiger charge is 2.35. The number of carbonyl (C=O) groups is 2. The maximum atomic E-state index is 11.5. The topological polar surface area (TPSA) is 72.8 Å². The van der Waals surface area contributed by atoms with E-state index >= 15 is 0 Å². The van der Waals surface area contributed by atoms with Gasteiger partial charge in [0.05, 0.1) is 13.5 Å². The molecule has 0 radical (unpaired) electrons. The van der Waals surface area contributed by atoms with Crippen LogP contribution in [0.5, 0.6) is 5.75 Å². The van der Waals surface area contributed by atoms with Gasteiger partial charge in [-0.15, -0.1) is 0 Å². The molecule has 0 aromatic heterocycles. The predicted octanol–water partition coefficient (Wildman–Crippen LogP) is 0.906. The number of ether oxygens (including phenoxy) is 2. The molecule has 1 aromatic carbocycles. The number of methoxy groups -OCH3 is 1. The summed E-state index contributed by atoms with van der Waals surface area (Å²) >= 11 is 0. The smallest absolute Gasteiger partial charge is 0.338 e. The van der Waals surface area contributed by atoms with Gasteiger partial charge in [-0.3, -0.25) is 4.79 Å². The van der Waals surface area contributed by atoms with Crippen molar-refractivity contribution in [2.24, 2.45) is 0 Å². The summed E-state index contributed by atoms with van der Waals surface area (Å²) in [7, 11) is 1.14. The van der Waals surface area contributed by atoms with Gasteiger partial charge in [-0.2, -0.15) is 0 Å². The number of benzene rings is 1. The summed E-state index contributed by atoms with van der Waals surface area (Å²) in [4.78, 5) is 22.6. The van der Waals surface area contributed by atoms with Gasteiger partial charge in [-0.25, -0.2) is 4.79 Å². The molecule has 0 aliphatic rings. The van der Waals surface area contributed by atoms with Crippen molar-refractivity contribution in [1.82, 2.24) is 0 Å². The van der Waals surface area contributed by atoms with Crippen molar-refractivity contribution in [1.29, 1.82) is 0 Å². The fourth-order valence-electron chi connectivity index (χ4n) is 1.23. The summed E-state index contributed by atoms with van der Waals surface area (Å²) < 4.78 is 9.31. The fraction of sp³-hybridized carbons (Fsp3) is 0.333. The van der Waals surface area contributed by atoms with Crippen molar-refractivity contribution in [2.75, 3.05) is 7.11 Å². The Morgan fingerprint density at radius 1 is 1.29 bits per heavy atom. The Labute approximate surface area is 99.0 Å². The molecular weight excluding hydrogens is 224 g/mol. The van der Waals surface area contributed by atoms with Crippen molar-refractivity contribution in [2.45, 2.75) is 18.9 Å². The Bertz CT molecular complexity index is 397. The van der Waals surface area contributed by atoms with E-state index in [9.17, 15) is 14.7 Å². The minimum absolute atomic E-state index is 0.359. The zero-order valence-corrected chi connectivity index (χ0v) is 9.67. The second kappa shape index (κ2) is 5.45. The number of rotatable bonds is 4. The van der Waals surface area contributed by atoms with Crippen LogP contribution in [0.2, 0.25) is 0 Å². The van der Waals surface area contributed by atoms with Crippen LogP contribution in [0.1, 0.15) is 13.3 Å². The van der Waals surface area contributed by atoms with Crippen LogP contribution in [0.15, 0.2) is 30.3 Å². The van der Waals surface area contributed by atoms with Gasteiger partial charge in [0.15, 0.2) is 5.60 Å². The van der Waals surface area contributed by atoms with Gasteiger partial charge in [-0.1, -0.05) is 18.2 Å². The third kappa shape index (κ3) is 3.88. The molecule has 1 aromatic rings. The molecular formula is C12H14O5. The van der Waals surface area contributed by atoms with Crippen LogP contribution >= 0.6 is 0 Å². The first-order valence-electron chi connectivity index (χ1n) is 5.02. The van der Waals surface area contributed by atoms with Gasteiger partial charge in [0.2, 0.25) is 0 Å². The van der Waals surface area contributed by atoms with E-state index in [1.165, 1.54) is 6.92 Å². The molecule has 0 saturated carbocycles. The Balaban J connectivity index is 2.59. The van der Waals surface area contributed by atoms with Crippen molar-refractivity contribution < 1.29 is 24.2 Å². The molecule has 0 amide bonds. The normalized spacial score (nSPS) is 13.6. The molecule has 5 nitrogen and oxygen atoms in total. The maximum Gasteiger partial charge on any atom is 0.338 e. The van der Waals surface area contributed by atoms with Gasteiger partial charge < -0.3 is 14.6 Å². The molecule has 0 aliphatic heterocycles. The fourth-order valence-corrected chi connectivity index (χ4v) is 1.23. The quantitative estimate of drug-likeness (QED) is 0.623. The lowest BCUT2D eigenvalue weighted by Gasteiger charge is -2.18. The number of aliphatic hydroxyl groups is 1. The van der Waals surface area contributed by atoms with Gasteiger partial charge in [0.1, 0.15) is 5.75 Å². The number of esters is 2. The zero-order valence-electron chi connectivity index (χ0n) is 9.67. The van der Waals surface area contributed by atoms with Gasteiger partial charge >= 0.3 is 11.9 Å². The zero-order chi connectivity index (χ0) is 12.9. The van der Waals surface area contributed by atoms with Crippen molar-refractivity contribution in [3.05, 3.63) is 30.3 Å². The van der Waals surface area contributed by atoms with Gasteiger partial charge in [0.25, 0.3) is 0 Å². The molecule has 0 aliphatic carbocycles. The molecule has 0 bridgehead atoms. The number of hydrogen-bond donors (Lipinski definition) is 1. The molecule has 0 saturated heterocycles. The standard InChI is InChI=1S/C12H14O5/c1-12(15,11(14)16-2)8-10(13)17-9-6-4-3-5-7-9/h3-7,15H,8H2,1-2H3. The van der Waals surface area contributed by atoms with E-state index in [4.69, 9.17) is 4.74 Å². The third-order valence-electron chi connectivity index (χ3n) is 2.09. The summed E-state index contributed by atoms with van der Waals surface area (Å²) in [6.07, 6.45) is -0.464. The van der Waals surface area contributed by atoms with E-state index < -0.39 is 24.0 Å². The van der Waals surface area contributed by atoms with Gasteiger partial charge in [-0.05, 0) is 19.1 Å². The molecule has 0 spiro atoms. The van der Waals surface area contributed by atoms with Crippen LogP contribution in [-0.2, 0) is 14.3 Å². The van der Waals surface area contributed by atoms with Crippen LogP contribution < -0.4 is 4.74 Å². The van der Waals surface area contributed by atoms with E-state index in [2.05, 4.69) is 4.74 Å². The second-order valence-electron chi connectivity index (χ2n) is 3.73. The summed E-state index contributed by atoms with van der Waals surface area (Å²) in [5, 5.41) is 9.66. The summed E-state index contributed by atoms with van der Waals surface area (Å²) in [5.41, 5.74) is -1.87. The molecule has 0 fully saturated rings. The Morgan fingerprint density at radius 3 is 2.41 bits per heavy atom. The van der Waals surface area contributed by atoms with E-state index in [0.29, 0.717) is 5.75 Å². The first kappa shape index (κ1) is 13.2. The Morgan fingerprint density at radius 2 is 1.88 bits per heavy atom. The molecule has 1 atom stereocenters. The van der Waals surface area contributed by atoms with E-state index in [1.807, 2.05) is 0 Å². The molecule has 5 heteroatoms. The second-order valence-corrected chi connectivity index (χ2v) is 3.73. The average molecular weight is 238 g/mol. The predicted molar refractivity (Wildman–Crippen MR) is 59.3 cm³/mol. The van der Waals surface area contributed by atoms with Crippen LogP contribution in [-0.4, -0.2) is 29.8 Å². The minimum atomic E-state index is -1.87. The number of carbonyl (C=O) groups excluding carboxylic acids is 2. The largest absolute Gasteiger partial charge is 0.467 e. The lowest BCUT2D eigenvalue weighted by molar-refractivity contribution is -0.165. The molecule has 92 valence electrons. The first-order chi connectivity index (χ1) is 7.95. The van der Waals surface area contributed by atoms with Crippen molar-refractivity contribution in [3.8, 4) is 5.75 Å². The highest BCUT2D eigenvalue weighted by atomic mass is 16.5. The van der Waals surface area contributed by atoms with Crippen LogP contribution in [0.3, 0.4) is 0 Å². The summed E-state index contributed by atoms with van der Waals surface area (Å²) in [6, 6.07) is 8.40. The number of hydrogen-bond acceptors (Lipinski definition) is 5. The van der Waals surface area contributed by atoms with Crippen molar-refractivity contribution >= 4 is 11.9 Å². The monoisotopic (exact) mass is 238 g/mol. The number of para-hydroxylation sites is 1. The summed E-state index contributed by atoms with van der Waals surface area (Å²) in [6.45, 7) is 1.20. The minimum Gasteiger partial charge on any atom is -0.467 e. The Kier molecular flexibility index (Phi) is 4.23. The highest BCUT2D eigenvalue weighted by Crippen LogP contribution is 2.15. The lowest BCUT2D eigenvalue weighted by atomic mass is 10.0. The molecule has 0 heterocycles.